The average molecular weight is 520 g/mol. The molecular weight excluding hydrogens is 490 g/mol. The van der Waals surface area contributed by atoms with Gasteiger partial charge in [-0.05, 0) is 54.3 Å². The summed E-state index contributed by atoms with van der Waals surface area (Å²) in [5.41, 5.74) is 2.21. The van der Waals surface area contributed by atoms with Gasteiger partial charge < -0.3 is 14.5 Å². The molecule has 1 aliphatic rings. The van der Waals surface area contributed by atoms with E-state index in [9.17, 15) is 4.79 Å². The SMILES string of the molecule is COc1ccc(N2CCN(C(=O)CCCSc3nnc(-c4cccs4)n3-c3ccccc3)CC2)cc1. The molecule has 0 N–H and O–H groups in total. The number of anilines is 1. The number of para-hydroxylation sites is 1. The van der Waals surface area contributed by atoms with Gasteiger partial charge in [-0.15, -0.1) is 21.5 Å². The Kier molecular flexibility index (Phi) is 7.88. The van der Waals surface area contributed by atoms with Crippen LogP contribution in [-0.2, 0) is 4.79 Å². The number of amides is 1. The Balaban J connectivity index is 1.13. The van der Waals surface area contributed by atoms with E-state index in [0.717, 1.165) is 65.6 Å². The molecule has 1 aliphatic heterocycles. The number of thioether (sulfide) groups is 1. The third kappa shape index (κ3) is 5.57. The van der Waals surface area contributed by atoms with E-state index < -0.39 is 0 Å². The zero-order valence-corrected chi connectivity index (χ0v) is 21.9. The molecule has 3 heterocycles. The number of ether oxygens (including phenoxy) is 1. The highest BCUT2D eigenvalue weighted by Gasteiger charge is 2.21. The number of hydrogen-bond donors (Lipinski definition) is 0. The third-order valence-electron chi connectivity index (χ3n) is 6.23. The van der Waals surface area contributed by atoms with Crippen molar-refractivity contribution in [1.82, 2.24) is 19.7 Å². The largest absolute Gasteiger partial charge is 0.497 e. The van der Waals surface area contributed by atoms with Crippen molar-refractivity contribution in [2.24, 2.45) is 0 Å². The van der Waals surface area contributed by atoms with Gasteiger partial charge in [0.1, 0.15) is 5.75 Å². The first kappa shape index (κ1) is 24.4. The number of carbonyl (C=O) groups is 1. The summed E-state index contributed by atoms with van der Waals surface area (Å²) in [5.74, 6) is 2.75. The summed E-state index contributed by atoms with van der Waals surface area (Å²) in [6.45, 7) is 3.20. The van der Waals surface area contributed by atoms with Gasteiger partial charge in [-0.1, -0.05) is 36.0 Å². The molecule has 7 nitrogen and oxygen atoms in total. The van der Waals surface area contributed by atoms with E-state index in [-0.39, 0.29) is 5.91 Å². The molecular formula is C27H29N5O2S2. The van der Waals surface area contributed by atoms with Crippen LogP contribution in [0.4, 0.5) is 5.69 Å². The molecule has 186 valence electrons. The number of rotatable bonds is 9. The fourth-order valence-corrected chi connectivity index (χ4v) is 5.88. The van der Waals surface area contributed by atoms with Crippen molar-refractivity contribution < 1.29 is 9.53 Å². The molecule has 0 spiro atoms. The third-order valence-corrected chi connectivity index (χ3v) is 8.11. The Morgan fingerprint density at radius 1 is 0.944 bits per heavy atom. The quantitative estimate of drug-likeness (QED) is 0.223. The van der Waals surface area contributed by atoms with Crippen LogP contribution in [0.2, 0.25) is 0 Å². The van der Waals surface area contributed by atoms with Gasteiger partial charge in [0.25, 0.3) is 0 Å². The van der Waals surface area contributed by atoms with Crippen LogP contribution in [0.3, 0.4) is 0 Å². The summed E-state index contributed by atoms with van der Waals surface area (Å²) in [6.07, 6.45) is 1.35. The molecule has 2 aromatic carbocycles. The normalized spacial score (nSPS) is 13.7. The fraction of sp³-hybridized carbons (Fsp3) is 0.296. The van der Waals surface area contributed by atoms with Crippen LogP contribution in [0.1, 0.15) is 12.8 Å². The number of thiophene rings is 1. The fourth-order valence-electron chi connectivity index (χ4n) is 4.29. The predicted octanol–water partition coefficient (Wildman–Crippen LogP) is 5.23. The summed E-state index contributed by atoms with van der Waals surface area (Å²) in [6, 6.07) is 22.4. The Labute approximate surface area is 219 Å². The highest BCUT2D eigenvalue weighted by atomic mass is 32.2. The minimum absolute atomic E-state index is 0.230. The zero-order chi connectivity index (χ0) is 24.7. The van der Waals surface area contributed by atoms with Crippen LogP contribution >= 0.6 is 23.1 Å². The van der Waals surface area contributed by atoms with Crippen molar-refractivity contribution in [3.05, 3.63) is 72.1 Å². The van der Waals surface area contributed by atoms with Crippen LogP contribution in [0, 0.1) is 0 Å². The highest BCUT2D eigenvalue weighted by molar-refractivity contribution is 7.99. The second-order valence-corrected chi connectivity index (χ2v) is 10.5. The predicted molar refractivity (Wildman–Crippen MR) is 146 cm³/mol. The van der Waals surface area contributed by atoms with Crippen molar-refractivity contribution in [1.29, 1.82) is 0 Å². The molecule has 0 atom stereocenters. The monoisotopic (exact) mass is 519 g/mol. The summed E-state index contributed by atoms with van der Waals surface area (Å²) < 4.78 is 7.35. The van der Waals surface area contributed by atoms with Crippen molar-refractivity contribution >= 4 is 34.7 Å². The molecule has 5 rings (SSSR count). The lowest BCUT2D eigenvalue weighted by atomic mass is 10.2. The molecule has 0 aliphatic carbocycles. The van der Waals surface area contributed by atoms with Gasteiger partial charge >= 0.3 is 0 Å². The molecule has 0 unspecified atom stereocenters. The molecule has 4 aromatic rings. The van der Waals surface area contributed by atoms with Gasteiger partial charge in [-0.3, -0.25) is 9.36 Å². The maximum Gasteiger partial charge on any atom is 0.222 e. The molecule has 0 radical (unpaired) electrons. The molecule has 1 fully saturated rings. The number of methoxy groups -OCH3 is 1. The van der Waals surface area contributed by atoms with Crippen LogP contribution in [0.15, 0.2) is 77.3 Å². The summed E-state index contributed by atoms with van der Waals surface area (Å²) in [4.78, 5) is 18.2. The maximum absolute atomic E-state index is 12.8. The lowest BCUT2D eigenvalue weighted by molar-refractivity contribution is -0.131. The molecule has 0 saturated carbocycles. The maximum atomic E-state index is 12.8. The van der Waals surface area contributed by atoms with E-state index in [1.807, 2.05) is 41.3 Å². The summed E-state index contributed by atoms with van der Waals surface area (Å²) >= 11 is 3.31. The summed E-state index contributed by atoms with van der Waals surface area (Å²) in [7, 11) is 1.68. The highest BCUT2D eigenvalue weighted by Crippen LogP contribution is 2.30. The lowest BCUT2D eigenvalue weighted by Gasteiger charge is -2.36. The van der Waals surface area contributed by atoms with Gasteiger partial charge in [-0.25, -0.2) is 0 Å². The number of aromatic nitrogens is 3. The first-order valence-corrected chi connectivity index (χ1v) is 13.9. The number of hydrogen-bond acceptors (Lipinski definition) is 7. The Morgan fingerprint density at radius 3 is 2.42 bits per heavy atom. The van der Waals surface area contributed by atoms with E-state index in [1.165, 1.54) is 5.69 Å². The van der Waals surface area contributed by atoms with Gasteiger partial charge in [0.05, 0.1) is 12.0 Å². The van der Waals surface area contributed by atoms with E-state index in [0.29, 0.717) is 6.42 Å². The Morgan fingerprint density at radius 2 is 1.72 bits per heavy atom. The molecule has 2 aromatic heterocycles. The van der Waals surface area contributed by atoms with E-state index in [4.69, 9.17) is 4.74 Å². The van der Waals surface area contributed by atoms with Crippen molar-refractivity contribution in [3.63, 3.8) is 0 Å². The van der Waals surface area contributed by atoms with E-state index in [1.54, 1.807) is 30.2 Å². The second-order valence-electron chi connectivity index (χ2n) is 8.47. The van der Waals surface area contributed by atoms with Gasteiger partial charge in [0, 0.05) is 49.7 Å². The van der Waals surface area contributed by atoms with E-state index >= 15 is 0 Å². The van der Waals surface area contributed by atoms with Gasteiger partial charge in [0.15, 0.2) is 11.0 Å². The minimum atomic E-state index is 0.230. The molecule has 36 heavy (non-hydrogen) atoms. The molecule has 1 amide bonds. The zero-order valence-electron chi connectivity index (χ0n) is 20.2. The lowest BCUT2D eigenvalue weighted by Crippen LogP contribution is -2.48. The van der Waals surface area contributed by atoms with Crippen LogP contribution < -0.4 is 9.64 Å². The topological polar surface area (TPSA) is 63.5 Å². The number of piperazine rings is 1. The van der Waals surface area contributed by atoms with Gasteiger partial charge in [-0.2, -0.15) is 0 Å². The smallest absolute Gasteiger partial charge is 0.222 e. The second kappa shape index (κ2) is 11.6. The summed E-state index contributed by atoms with van der Waals surface area (Å²) in [5, 5.41) is 11.9. The number of benzene rings is 2. The van der Waals surface area contributed by atoms with E-state index in [2.05, 4.69) is 55.4 Å². The van der Waals surface area contributed by atoms with Crippen molar-refractivity contribution in [2.75, 3.05) is 43.9 Å². The van der Waals surface area contributed by atoms with Crippen molar-refractivity contribution in [3.8, 4) is 22.1 Å². The minimum Gasteiger partial charge on any atom is -0.497 e. The first-order valence-electron chi connectivity index (χ1n) is 12.1. The Bertz CT molecular complexity index is 1250. The first-order chi connectivity index (χ1) is 17.7. The van der Waals surface area contributed by atoms with Gasteiger partial charge in [0.2, 0.25) is 5.91 Å². The van der Waals surface area contributed by atoms with Crippen LogP contribution in [0.5, 0.6) is 5.75 Å². The number of carbonyl (C=O) groups excluding carboxylic acids is 1. The molecule has 9 heteroatoms. The van der Waals surface area contributed by atoms with Crippen molar-refractivity contribution in [2.45, 2.75) is 18.0 Å². The molecule has 0 bridgehead atoms. The molecule has 1 saturated heterocycles. The van der Waals surface area contributed by atoms with Crippen LogP contribution in [-0.4, -0.2) is 64.6 Å². The Hall–Kier alpha value is -3.30. The number of nitrogens with zero attached hydrogens (tertiary/aromatic N) is 5. The average Bonchev–Trinajstić information content (AvgIpc) is 3.62. The standard InChI is InChI=1S/C27H29N5O2S2/c1-34-23-13-11-21(12-14-23)30-15-17-31(18-16-30)25(33)10-6-20-36-27-29-28-26(24-9-5-19-35-24)32(27)22-7-3-2-4-8-22/h2-5,7-9,11-14,19H,6,10,15-18,20H2,1H3. The van der Waals surface area contributed by atoms with Crippen LogP contribution in [0.25, 0.3) is 16.4 Å².